The van der Waals surface area contributed by atoms with Gasteiger partial charge < -0.3 is 20.4 Å². The Hall–Kier alpha value is -3.68. The zero-order valence-corrected chi connectivity index (χ0v) is 28.1. The molecule has 44 heavy (non-hydrogen) atoms. The third kappa shape index (κ3) is 6.84. The van der Waals surface area contributed by atoms with Crippen molar-refractivity contribution in [2.45, 2.75) is 129 Å². The smallest absolute Gasteiger partial charge is 0.251 e. The summed E-state index contributed by atoms with van der Waals surface area (Å²) in [5.41, 5.74) is 1.61. The minimum absolute atomic E-state index is 0.0414. The minimum Gasteiger partial charge on any atom is -0.349 e. The van der Waals surface area contributed by atoms with Crippen molar-refractivity contribution in [3.63, 3.8) is 0 Å². The van der Waals surface area contributed by atoms with Gasteiger partial charge in [0.25, 0.3) is 11.8 Å². The fraction of sp³-hybridized carbons (Fsp3) is 0.556. The maximum absolute atomic E-state index is 13.2. The number of likely N-dealkylation sites (tertiary alicyclic amines) is 2. The van der Waals surface area contributed by atoms with Crippen LogP contribution in [-0.4, -0.2) is 67.7 Å². The highest BCUT2D eigenvalue weighted by Gasteiger charge is 2.48. The van der Waals surface area contributed by atoms with Crippen molar-refractivity contribution in [2.75, 3.05) is 0 Å². The first-order chi connectivity index (χ1) is 20.2. The zero-order valence-electron chi connectivity index (χ0n) is 28.1. The maximum Gasteiger partial charge on any atom is 0.251 e. The van der Waals surface area contributed by atoms with Crippen molar-refractivity contribution in [3.05, 3.63) is 59.7 Å². The van der Waals surface area contributed by atoms with Crippen LogP contribution in [0.15, 0.2) is 48.5 Å². The molecule has 2 aromatic carbocycles. The molecule has 238 valence electrons. The predicted molar refractivity (Wildman–Crippen MR) is 174 cm³/mol. The highest BCUT2D eigenvalue weighted by Crippen LogP contribution is 2.40. The van der Waals surface area contributed by atoms with Gasteiger partial charge in [-0.25, -0.2) is 0 Å². The Bertz CT molecular complexity index is 1280. The fourth-order valence-corrected chi connectivity index (χ4v) is 8.63. The van der Waals surface area contributed by atoms with Gasteiger partial charge in [-0.15, -0.1) is 0 Å². The summed E-state index contributed by atoms with van der Waals surface area (Å²) in [5, 5.41) is 6.39. The van der Waals surface area contributed by atoms with E-state index in [1.54, 1.807) is 13.8 Å². The molecule has 0 saturated carbocycles. The number of nitrogens with zero attached hydrogens (tertiary/aromatic N) is 2. The second-order valence-electron chi connectivity index (χ2n) is 15.3. The van der Waals surface area contributed by atoms with Crippen LogP contribution in [0.3, 0.4) is 0 Å². The molecule has 0 aromatic heterocycles. The van der Waals surface area contributed by atoms with Gasteiger partial charge in [-0.3, -0.25) is 19.2 Å². The van der Waals surface area contributed by atoms with Crippen molar-refractivity contribution in [1.82, 2.24) is 20.4 Å². The Labute approximate surface area is 263 Å². The summed E-state index contributed by atoms with van der Waals surface area (Å²) in [6.07, 6.45) is 2.75. The summed E-state index contributed by atoms with van der Waals surface area (Å²) in [5.74, 6) is -0.157. The lowest BCUT2D eigenvalue weighted by Gasteiger charge is -2.55. The molecule has 2 heterocycles. The zero-order chi connectivity index (χ0) is 32.8. The Kier molecular flexibility index (Phi) is 8.82. The lowest BCUT2D eigenvalue weighted by atomic mass is 9.76. The molecule has 0 aliphatic carbocycles. The highest BCUT2D eigenvalue weighted by molar-refractivity contribution is 5.96. The molecule has 2 fully saturated rings. The lowest BCUT2D eigenvalue weighted by Crippen LogP contribution is -2.65. The van der Waals surface area contributed by atoms with Crippen molar-refractivity contribution < 1.29 is 19.2 Å². The number of hydrogen-bond donors (Lipinski definition) is 2. The van der Waals surface area contributed by atoms with Crippen molar-refractivity contribution in [1.29, 1.82) is 0 Å². The molecular formula is C36H50N4O4. The first-order valence-electron chi connectivity index (χ1n) is 15.7. The van der Waals surface area contributed by atoms with E-state index in [4.69, 9.17) is 0 Å². The molecule has 0 radical (unpaired) electrons. The van der Waals surface area contributed by atoms with E-state index >= 15 is 0 Å². The molecule has 2 aromatic rings. The number of hydrogen-bond acceptors (Lipinski definition) is 4. The van der Waals surface area contributed by atoms with Gasteiger partial charge in [0.15, 0.2) is 0 Å². The standard InChI is InChI=1S/C36H50N4O4/c1-23(41)39-33(3,4)19-29(20-34(39,5)6)37-31(43)27-15-11-25(12-16-27)26-13-17-28(18-14-26)32(44)38-30-21-35(7,8)40(24(2)42)36(9,10)22-30/h11-18,29-30H,19-22H2,1-10H3,(H,37,43)(H,38,44). The maximum atomic E-state index is 13.2. The number of amides is 4. The number of rotatable bonds is 5. The first-order valence-corrected chi connectivity index (χ1v) is 15.7. The molecular weight excluding hydrogens is 552 g/mol. The number of carbonyl (C=O) groups excluding carboxylic acids is 4. The van der Waals surface area contributed by atoms with Crippen LogP contribution in [0.25, 0.3) is 11.1 Å². The van der Waals surface area contributed by atoms with E-state index in [0.717, 1.165) is 11.1 Å². The Morgan fingerprint density at radius 2 is 0.773 bits per heavy atom. The molecule has 4 rings (SSSR count). The van der Waals surface area contributed by atoms with Crippen LogP contribution in [0.5, 0.6) is 0 Å². The first kappa shape index (κ1) is 33.2. The number of carbonyl (C=O) groups is 4. The SMILES string of the molecule is CC(=O)N1C(C)(C)CC(NC(=O)c2ccc(-c3ccc(C(=O)NC4CC(C)(C)N(C(C)=O)C(C)(C)C4)cc3)cc2)CC1(C)C. The van der Waals surface area contributed by atoms with Crippen LogP contribution in [0.4, 0.5) is 0 Å². The van der Waals surface area contributed by atoms with Crippen LogP contribution in [-0.2, 0) is 9.59 Å². The monoisotopic (exact) mass is 602 g/mol. The van der Waals surface area contributed by atoms with E-state index in [-0.39, 0.29) is 57.9 Å². The highest BCUT2D eigenvalue weighted by atomic mass is 16.2. The Morgan fingerprint density at radius 1 is 0.523 bits per heavy atom. The second-order valence-corrected chi connectivity index (χ2v) is 15.3. The van der Waals surface area contributed by atoms with Crippen LogP contribution < -0.4 is 10.6 Å². The second kappa shape index (κ2) is 11.7. The molecule has 2 aliphatic rings. The minimum atomic E-state index is -0.362. The molecule has 0 spiro atoms. The summed E-state index contributed by atoms with van der Waals surface area (Å²) < 4.78 is 0. The molecule has 0 bridgehead atoms. The summed E-state index contributed by atoms with van der Waals surface area (Å²) in [4.78, 5) is 54.9. The van der Waals surface area contributed by atoms with Gasteiger partial charge in [0.2, 0.25) is 11.8 Å². The molecule has 0 unspecified atom stereocenters. The van der Waals surface area contributed by atoms with Crippen molar-refractivity contribution in [2.24, 2.45) is 0 Å². The van der Waals surface area contributed by atoms with E-state index in [2.05, 4.69) is 66.0 Å². The molecule has 2 saturated heterocycles. The van der Waals surface area contributed by atoms with Crippen molar-refractivity contribution >= 4 is 23.6 Å². The Balaban J connectivity index is 1.38. The quantitative estimate of drug-likeness (QED) is 0.442. The average molecular weight is 603 g/mol. The molecule has 2 N–H and O–H groups in total. The van der Waals surface area contributed by atoms with Gasteiger partial charge in [-0.2, -0.15) is 0 Å². The summed E-state index contributed by atoms with van der Waals surface area (Å²) in [7, 11) is 0. The van der Waals surface area contributed by atoms with Gasteiger partial charge >= 0.3 is 0 Å². The van der Waals surface area contributed by atoms with E-state index < -0.39 is 0 Å². The number of benzene rings is 2. The van der Waals surface area contributed by atoms with Gasteiger partial charge in [0, 0.05) is 59.2 Å². The van der Waals surface area contributed by atoms with Crippen LogP contribution in [0.1, 0.15) is 116 Å². The van der Waals surface area contributed by atoms with E-state index in [1.165, 1.54) is 0 Å². The normalized spacial score (nSPS) is 21.0. The largest absolute Gasteiger partial charge is 0.349 e. The lowest BCUT2D eigenvalue weighted by molar-refractivity contribution is -0.148. The third-order valence-electron chi connectivity index (χ3n) is 9.33. The summed E-state index contributed by atoms with van der Waals surface area (Å²) >= 11 is 0. The fourth-order valence-electron chi connectivity index (χ4n) is 8.63. The molecule has 4 amide bonds. The molecule has 2 aliphatic heterocycles. The topological polar surface area (TPSA) is 98.8 Å². The predicted octanol–water partition coefficient (Wildman–Crippen LogP) is 5.95. The number of nitrogens with one attached hydrogen (secondary N) is 2. The molecule has 8 heteroatoms. The van der Waals surface area contributed by atoms with Gasteiger partial charge in [-0.05, 0) is 116 Å². The van der Waals surface area contributed by atoms with E-state index in [9.17, 15) is 19.2 Å². The number of piperidine rings is 2. The summed E-state index contributed by atoms with van der Waals surface area (Å²) in [6.45, 7) is 19.6. The molecule has 8 nitrogen and oxygen atoms in total. The van der Waals surface area contributed by atoms with Gasteiger partial charge in [-0.1, -0.05) is 24.3 Å². The average Bonchev–Trinajstić information content (AvgIpc) is 2.85. The molecule has 0 atom stereocenters. The van der Waals surface area contributed by atoms with Crippen LogP contribution in [0.2, 0.25) is 0 Å². The van der Waals surface area contributed by atoms with Crippen molar-refractivity contribution in [3.8, 4) is 11.1 Å². The Morgan fingerprint density at radius 3 is 1.00 bits per heavy atom. The third-order valence-corrected chi connectivity index (χ3v) is 9.33. The summed E-state index contributed by atoms with van der Waals surface area (Å²) in [6, 6.07) is 14.9. The van der Waals surface area contributed by atoms with Gasteiger partial charge in [0.1, 0.15) is 0 Å². The van der Waals surface area contributed by atoms with E-state index in [0.29, 0.717) is 36.8 Å². The van der Waals surface area contributed by atoms with E-state index in [1.807, 2.05) is 58.3 Å². The van der Waals surface area contributed by atoms with Gasteiger partial charge in [0.05, 0.1) is 0 Å². The van der Waals surface area contributed by atoms with Crippen LogP contribution in [0, 0.1) is 0 Å². The van der Waals surface area contributed by atoms with Crippen LogP contribution >= 0.6 is 0 Å².